The molecule has 94 valence electrons. The van der Waals surface area contributed by atoms with Crippen LogP contribution >= 0.6 is 0 Å². The van der Waals surface area contributed by atoms with Crippen LogP contribution in [0.5, 0.6) is 0 Å². The van der Waals surface area contributed by atoms with E-state index in [-0.39, 0.29) is 5.89 Å². The fourth-order valence-corrected chi connectivity index (χ4v) is 1.82. The van der Waals surface area contributed by atoms with Gasteiger partial charge in [0, 0.05) is 5.56 Å². The van der Waals surface area contributed by atoms with Gasteiger partial charge in [0.15, 0.2) is 6.10 Å². The largest absolute Gasteiger partial charge is 0.417 e. The predicted octanol–water partition coefficient (Wildman–Crippen LogP) is 2.82. The van der Waals surface area contributed by atoms with Crippen LogP contribution in [0.2, 0.25) is 0 Å². The van der Waals surface area contributed by atoms with E-state index < -0.39 is 6.10 Å². The molecular formula is C15H12N2O2. The van der Waals surface area contributed by atoms with Gasteiger partial charge in [0.1, 0.15) is 0 Å². The van der Waals surface area contributed by atoms with Gasteiger partial charge in [-0.25, -0.2) is 0 Å². The quantitative estimate of drug-likeness (QED) is 0.778. The van der Waals surface area contributed by atoms with E-state index in [2.05, 4.69) is 10.2 Å². The average molecular weight is 252 g/mol. The first-order chi connectivity index (χ1) is 9.34. The van der Waals surface area contributed by atoms with Crippen LogP contribution in [0.1, 0.15) is 17.6 Å². The highest BCUT2D eigenvalue weighted by Crippen LogP contribution is 2.24. The van der Waals surface area contributed by atoms with Crippen molar-refractivity contribution in [2.45, 2.75) is 6.10 Å². The molecule has 3 aromatic rings. The first kappa shape index (κ1) is 11.6. The number of hydrogen-bond donors (Lipinski definition) is 1. The highest BCUT2D eigenvalue weighted by atomic mass is 16.4. The minimum atomic E-state index is -0.897. The molecular weight excluding hydrogens is 240 g/mol. The van der Waals surface area contributed by atoms with Gasteiger partial charge in [-0.1, -0.05) is 48.5 Å². The molecule has 0 aliphatic heterocycles. The van der Waals surface area contributed by atoms with Crippen LogP contribution in [-0.4, -0.2) is 15.3 Å². The fourth-order valence-electron chi connectivity index (χ4n) is 1.82. The van der Waals surface area contributed by atoms with Crippen molar-refractivity contribution < 1.29 is 9.52 Å². The number of hydrogen-bond acceptors (Lipinski definition) is 4. The van der Waals surface area contributed by atoms with Crippen molar-refractivity contribution in [2.75, 3.05) is 0 Å². The molecule has 1 aromatic heterocycles. The maximum atomic E-state index is 10.2. The van der Waals surface area contributed by atoms with E-state index in [0.717, 1.165) is 11.1 Å². The van der Waals surface area contributed by atoms with Gasteiger partial charge in [0.2, 0.25) is 11.8 Å². The molecule has 0 aliphatic carbocycles. The molecule has 0 radical (unpaired) electrons. The summed E-state index contributed by atoms with van der Waals surface area (Å²) in [7, 11) is 0. The van der Waals surface area contributed by atoms with Crippen LogP contribution in [-0.2, 0) is 0 Å². The molecule has 4 nitrogen and oxygen atoms in total. The van der Waals surface area contributed by atoms with E-state index in [1.807, 2.05) is 60.7 Å². The van der Waals surface area contributed by atoms with Crippen LogP contribution in [0.15, 0.2) is 65.1 Å². The zero-order valence-electron chi connectivity index (χ0n) is 10.1. The second kappa shape index (κ2) is 5.04. The summed E-state index contributed by atoms with van der Waals surface area (Å²) in [6.07, 6.45) is -0.897. The molecule has 0 aliphatic rings. The average Bonchev–Trinajstić information content (AvgIpc) is 2.98. The summed E-state index contributed by atoms with van der Waals surface area (Å²) in [6.45, 7) is 0. The molecule has 19 heavy (non-hydrogen) atoms. The minimum Gasteiger partial charge on any atom is -0.417 e. The zero-order valence-corrected chi connectivity index (χ0v) is 10.1. The topological polar surface area (TPSA) is 59.2 Å². The smallest absolute Gasteiger partial charge is 0.249 e. The van der Waals surface area contributed by atoms with Crippen molar-refractivity contribution in [2.24, 2.45) is 0 Å². The van der Waals surface area contributed by atoms with Crippen molar-refractivity contribution in [1.82, 2.24) is 10.2 Å². The van der Waals surface area contributed by atoms with Crippen LogP contribution < -0.4 is 0 Å². The Morgan fingerprint density at radius 3 is 2.16 bits per heavy atom. The Morgan fingerprint density at radius 1 is 0.842 bits per heavy atom. The van der Waals surface area contributed by atoms with Crippen molar-refractivity contribution in [3.63, 3.8) is 0 Å². The Hall–Kier alpha value is -2.46. The standard InChI is InChI=1S/C15H12N2O2/c18-13(11-7-3-1-4-8-11)15-17-16-14(19-15)12-9-5-2-6-10-12/h1-10,13,18H/t13-/m0/s1. The van der Waals surface area contributed by atoms with Gasteiger partial charge in [-0.2, -0.15) is 0 Å². The third-order valence-electron chi connectivity index (χ3n) is 2.81. The second-order valence-electron chi connectivity index (χ2n) is 4.12. The number of aliphatic hydroxyl groups is 1. The lowest BCUT2D eigenvalue weighted by Gasteiger charge is -2.05. The van der Waals surface area contributed by atoms with Gasteiger partial charge in [0.05, 0.1) is 0 Å². The molecule has 1 atom stereocenters. The summed E-state index contributed by atoms with van der Waals surface area (Å²) >= 11 is 0. The third kappa shape index (κ3) is 2.39. The lowest BCUT2D eigenvalue weighted by molar-refractivity contribution is 0.183. The van der Waals surface area contributed by atoms with Gasteiger partial charge in [-0.15, -0.1) is 10.2 Å². The number of benzene rings is 2. The molecule has 4 heteroatoms. The van der Waals surface area contributed by atoms with Gasteiger partial charge in [-0.05, 0) is 17.7 Å². The zero-order chi connectivity index (χ0) is 13.1. The Balaban J connectivity index is 1.90. The van der Waals surface area contributed by atoms with Crippen molar-refractivity contribution in [3.8, 4) is 11.5 Å². The third-order valence-corrected chi connectivity index (χ3v) is 2.81. The Bertz CT molecular complexity index is 650. The van der Waals surface area contributed by atoms with E-state index in [9.17, 15) is 5.11 Å². The summed E-state index contributed by atoms with van der Waals surface area (Å²) in [5.74, 6) is 0.607. The molecule has 0 unspecified atom stereocenters. The summed E-state index contributed by atoms with van der Waals surface area (Å²) in [4.78, 5) is 0. The highest BCUT2D eigenvalue weighted by Gasteiger charge is 2.18. The first-order valence-electron chi connectivity index (χ1n) is 5.96. The summed E-state index contributed by atoms with van der Waals surface area (Å²) in [6, 6.07) is 18.7. The molecule has 0 saturated carbocycles. The van der Waals surface area contributed by atoms with Crippen LogP contribution in [0.4, 0.5) is 0 Å². The van der Waals surface area contributed by atoms with Crippen molar-refractivity contribution >= 4 is 0 Å². The van der Waals surface area contributed by atoms with Crippen LogP contribution in [0.25, 0.3) is 11.5 Å². The highest BCUT2D eigenvalue weighted by molar-refractivity contribution is 5.51. The van der Waals surface area contributed by atoms with Gasteiger partial charge in [-0.3, -0.25) is 0 Å². The normalized spacial score (nSPS) is 12.3. The van der Waals surface area contributed by atoms with Gasteiger partial charge >= 0.3 is 0 Å². The lowest BCUT2D eigenvalue weighted by Crippen LogP contribution is -1.99. The van der Waals surface area contributed by atoms with Crippen molar-refractivity contribution in [3.05, 3.63) is 72.1 Å². The van der Waals surface area contributed by atoms with Crippen LogP contribution in [0.3, 0.4) is 0 Å². The number of aliphatic hydroxyl groups excluding tert-OH is 1. The Labute approximate surface area is 110 Å². The first-order valence-corrected chi connectivity index (χ1v) is 5.96. The monoisotopic (exact) mass is 252 g/mol. The molecule has 0 bridgehead atoms. The number of nitrogens with zero attached hydrogens (tertiary/aromatic N) is 2. The second-order valence-corrected chi connectivity index (χ2v) is 4.12. The van der Waals surface area contributed by atoms with Gasteiger partial charge < -0.3 is 9.52 Å². The molecule has 2 aromatic carbocycles. The van der Waals surface area contributed by atoms with E-state index in [0.29, 0.717) is 5.89 Å². The Kier molecular flexibility index (Phi) is 3.08. The summed E-state index contributed by atoms with van der Waals surface area (Å²) < 4.78 is 5.51. The summed E-state index contributed by atoms with van der Waals surface area (Å²) in [5.41, 5.74) is 1.56. The molecule has 0 amide bonds. The molecule has 0 spiro atoms. The summed E-state index contributed by atoms with van der Waals surface area (Å²) in [5, 5.41) is 18.0. The Morgan fingerprint density at radius 2 is 1.47 bits per heavy atom. The maximum absolute atomic E-state index is 10.2. The minimum absolute atomic E-state index is 0.199. The molecule has 3 rings (SSSR count). The van der Waals surface area contributed by atoms with Crippen molar-refractivity contribution in [1.29, 1.82) is 0 Å². The lowest BCUT2D eigenvalue weighted by atomic mass is 10.1. The van der Waals surface area contributed by atoms with E-state index >= 15 is 0 Å². The predicted molar refractivity (Wildman–Crippen MR) is 70.2 cm³/mol. The van der Waals surface area contributed by atoms with Gasteiger partial charge in [0.25, 0.3) is 0 Å². The molecule has 0 fully saturated rings. The van der Waals surface area contributed by atoms with E-state index in [1.54, 1.807) is 0 Å². The van der Waals surface area contributed by atoms with E-state index in [1.165, 1.54) is 0 Å². The number of rotatable bonds is 3. The maximum Gasteiger partial charge on any atom is 0.249 e. The SMILES string of the molecule is O[C@@H](c1ccccc1)c1nnc(-c2ccccc2)o1. The van der Waals surface area contributed by atoms with E-state index in [4.69, 9.17) is 4.42 Å². The molecule has 1 heterocycles. The fraction of sp³-hybridized carbons (Fsp3) is 0.0667. The number of aromatic nitrogens is 2. The molecule has 1 N–H and O–H groups in total. The molecule has 0 saturated heterocycles. The van der Waals surface area contributed by atoms with Crippen LogP contribution in [0, 0.1) is 0 Å².